The van der Waals surface area contributed by atoms with Crippen LogP contribution in [0.1, 0.15) is 31.2 Å². The van der Waals surface area contributed by atoms with Crippen molar-refractivity contribution in [2.45, 2.75) is 31.3 Å². The molecule has 7 heteroatoms. The molecule has 2 N–H and O–H groups in total. The van der Waals surface area contributed by atoms with Crippen LogP contribution in [-0.2, 0) is 16.6 Å². The highest BCUT2D eigenvalue weighted by Crippen LogP contribution is 2.22. The predicted molar refractivity (Wildman–Crippen MR) is 79.8 cm³/mol. The number of ether oxygens (including phenoxy) is 1. The zero-order valence-corrected chi connectivity index (χ0v) is 13.1. The van der Waals surface area contributed by atoms with Crippen LogP contribution >= 0.6 is 0 Å². The van der Waals surface area contributed by atoms with Crippen LogP contribution < -0.4 is 9.88 Å². The van der Waals surface area contributed by atoms with Crippen molar-refractivity contribution in [3.8, 4) is 5.75 Å². The Hall–Kier alpha value is -1.86. The minimum Gasteiger partial charge on any atom is -0.496 e. The second-order valence-corrected chi connectivity index (χ2v) is 6.59. The SMILES string of the molecule is COc1ccccc1Cn1cc(S(N)(=O)=O)nc1C(C)C. The number of aromatic nitrogens is 2. The van der Waals surface area contributed by atoms with Gasteiger partial charge < -0.3 is 9.30 Å². The zero-order valence-electron chi connectivity index (χ0n) is 12.3. The van der Waals surface area contributed by atoms with E-state index in [0.717, 1.165) is 11.3 Å². The van der Waals surface area contributed by atoms with Crippen LogP contribution in [0.2, 0.25) is 0 Å². The molecule has 0 atom stereocenters. The van der Waals surface area contributed by atoms with Crippen molar-refractivity contribution in [2.24, 2.45) is 5.14 Å². The summed E-state index contributed by atoms with van der Waals surface area (Å²) in [7, 11) is -2.21. The Kier molecular flexibility index (Phi) is 4.34. The van der Waals surface area contributed by atoms with Crippen LogP contribution in [0, 0.1) is 0 Å². The Balaban J connectivity index is 2.46. The van der Waals surface area contributed by atoms with E-state index >= 15 is 0 Å². The van der Waals surface area contributed by atoms with E-state index in [9.17, 15) is 8.42 Å². The summed E-state index contributed by atoms with van der Waals surface area (Å²) < 4.78 is 30.1. The maximum atomic E-state index is 11.5. The van der Waals surface area contributed by atoms with Crippen LogP contribution in [0.3, 0.4) is 0 Å². The summed E-state index contributed by atoms with van der Waals surface area (Å²) in [6.07, 6.45) is 1.47. The summed E-state index contributed by atoms with van der Waals surface area (Å²) in [6, 6.07) is 7.58. The Labute approximate surface area is 124 Å². The normalized spacial score (nSPS) is 11.9. The molecule has 2 aromatic rings. The monoisotopic (exact) mass is 309 g/mol. The highest BCUT2D eigenvalue weighted by molar-refractivity contribution is 7.89. The molecule has 0 radical (unpaired) electrons. The van der Waals surface area contributed by atoms with Crippen molar-refractivity contribution >= 4 is 10.0 Å². The van der Waals surface area contributed by atoms with Crippen LogP contribution in [0.15, 0.2) is 35.5 Å². The third-order valence-electron chi connectivity index (χ3n) is 3.13. The second kappa shape index (κ2) is 5.87. The number of imidazole rings is 1. The lowest BCUT2D eigenvalue weighted by atomic mass is 10.1. The third-order valence-corrected chi connectivity index (χ3v) is 3.91. The highest BCUT2D eigenvalue weighted by Gasteiger charge is 2.19. The summed E-state index contributed by atoms with van der Waals surface area (Å²) in [5, 5.41) is 5.05. The lowest BCUT2D eigenvalue weighted by Gasteiger charge is -2.12. The van der Waals surface area contributed by atoms with E-state index in [1.165, 1.54) is 6.20 Å². The Morgan fingerprint density at radius 3 is 2.57 bits per heavy atom. The fourth-order valence-electron chi connectivity index (χ4n) is 2.15. The molecule has 0 amide bonds. The molecule has 0 fully saturated rings. The van der Waals surface area contributed by atoms with Crippen LogP contribution in [0.5, 0.6) is 5.75 Å². The van der Waals surface area contributed by atoms with Crippen LogP contribution in [-0.4, -0.2) is 25.1 Å². The average Bonchev–Trinajstić information content (AvgIpc) is 2.83. The molecule has 0 saturated heterocycles. The van der Waals surface area contributed by atoms with Gasteiger partial charge in [-0.15, -0.1) is 0 Å². The first-order chi connectivity index (χ1) is 9.82. The van der Waals surface area contributed by atoms with E-state index in [1.807, 2.05) is 38.1 Å². The summed E-state index contributed by atoms with van der Waals surface area (Å²) in [6.45, 7) is 4.38. The number of nitrogens with two attached hydrogens (primary N) is 1. The van der Waals surface area contributed by atoms with E-state index in [4.69, 9.17) is 9.88 Å². The zero-order chi connectivity index (χ0) is 15.6. The van der Waals surface area contributed by atoms with Gasteiger partial charge in [-0.05, 0) is 6.07 Å². The molecule has 1 aromatic heterocycles. The largest absolute Gasteiger partial charge is 0.496 e. The molecule has 6 nitrogen and oxygen atoms in total. The van der Waals surface area contributed by atoms with Gasteiger partial charge in [0.05, 0.1) is 13.7 Å². The lowest BCUT2D eigenvalue weighted by Crippen LogP contribution is -2.12. The van der Waals surface area contributed by atoms with Crippen molar-refractivity contribution in [1.82, 2.24) is 9.55 Å². The van der Waals surface area contributed by atoms with E-state index in [1.54, 1.807) is 11.7 Å². The first-order valence-corrected chi connectivity index (χ1v) is 8.09. The second-order valence-electron chi connectivity index (χ2n) is 5.08. The van der Waals surface area contributed by atoms with Gasteiger partial charge in [0, 0.05) is 17.7 Å². The Morgan fingerprint density at radius 2 is 2.00 bits per heavy atom. The molecule has 0 aliphatic rings. The number of hydrogen-bond acceptors (Lipinski definition) is 4. The molecular formula is C14H19N3O3S. The number of nitrogens with zero attached hydrogens (tertiary/aromatic N) is 2. The highest BCUT2D eigenvalue weighted by atomic mass is 32.2. The number of sulfonamides is 1. The van der Waals surface area contributed by atoms with Gasteiger partial charge in [-0.1, -0.05) is 32.0 Å². The van der Waals surface area contributed by atoms with E-state index in [-0.39, 0.29) is 10.9 Å². The molecule has 0 saturated carbocycles. The van der Waals surface area contributed by atoms with Gasteiger partial charge in [0.1, 0.15) is 11.6 Å². The quantitative estimate of drug-likeness (QED) is 0.911. The fraction of sp³-hybridized carbons (Fsp3) is 0.357. The van der Waals surface area contributed by atoms with Crippen molar-refractivity contribution in [2.75, 3.05) is 7.11 Å². The molecule has 21 heavy (non-hydrogen) atoms. The Bertz CT molecular complexity index is 736. The lowest BCUT2D eigenvalue weighted by molar-refractivity contribution is 0.408. The van der Waals surface area contributed by atoms with E-state index in [2.05, 4.69) is 4.98 Å². The number of primary sulfonamides is 1. The Morgan fingerprint density at radius 1 is 1.33 bits per heavy atom. The molecular weight excluding hydrogens is 290 g/mol. The summed E-state index contributed by atoms with van der Waals surface area (Å²) >= 11 is 0. The smallest absolute Gasteiger partial charge is 0.257 e. The van der Waals surface area contributed by atoms with Gasteiger partial charge in [0.2, 0.25) is 0 Å². The molecule has 1 aromatic carbocycles. The molecule has 114 valence electrons. The first-order valence-electron chi connectivity index (χ1n) is 6.54. The van der Waals surface area contributed by atoms with E-state index in [0.29, 0.717) is 12.4 Å². The third kappa shape index (κ3) is 3.43. The minimum absolute atomic E-state index is 0.0789. The standard InChI is InChI=1S/C14H19N3O3S/c1-10(2)14-16-13(21(15,18)19)9-17(14)8-11-6-4-5-7-12(11)20-3/h4-7,9-10H,8H2,1-3H3,(H2,15,18,19). The van der Waals surface area contributed by atoms with Crippen LogP contribution in [0.25, 0.3) is 0 Å². The van der Waals surface area contributed by atoms with Crippen LogP contribution in [0.4, 0.5) is 0 Å². The average molecular weight is 309 g/mol. The number of rotatable bonds is 5. The molecule has 0 spiro atoms. The summed E-state index contributed by atoms with van der Waals surface area (Å²) in [5.74, 6) is 1.50. The van der Waals surface area contributed by atoms with Crippen molar-refractivity contribution in [3.05, 3.63) is 41.9 Å². The molecule has 0 aliphatic carbocycles. The van der Waals surface area contributed by atoms with Gasteiger partial charge in [0.15, 0.2) is 5.03 Å². The molecule has 1 heterocycles. The minimum atomic E-state index is -3.81. The first kappa shape index (κ1) is 15.5. The predicted octanol–water partition coefficient (Wildman–Crippen LogP) is 1.71. The number of hydrogen-bond donors (Lipinski definition) is 1. The molecule has 0 aliphatic heterocycles. The van der Waals surface area contributed by atoms with E-state index < -0.39 is 10.0 Å². The molecule has 0 unspecified atom stereocenters. The summed E-state index contributed by atoms with van der Waals surface area (Å²) in [4.78, 5) is 4.14. The number of benzene rings is 1. The number of methoxy groups -OCH3 is 1. The molecule has 0 bridgehead atoms. The van der Waals surface area contributed by atoms with Gasteiger partial charge in [0.25, 0.3) is 10.0 Å². The van der Waals surface area contributed by atoms with Gasteiger partial charge in [-0.25, -0.2) is 18.5 Å². The van der Waals surface area contributed by atoms with Gasteiger partial charge in [-0.2, -0.15) is 0 Å². The van der Waals surface area contributed by atoms with Crippen molar-refractivity contribution in [3.63, 3.8) is 0 Å². The molecule has 2 rings (SSSR count). The van der Waals surface area contributed by atoms with Gasteiger partial charge in [-0.3, -0.25) is 0 Å². The maximum absolute atomic E-state index is 11.5. The van der Waals surface area contributed by atoms with Crippen molar-refractivity contribution in [1.29, 1.82) is 0 Å². The topological polar surface area (TPSA) is 87.2 Å². The fourth-order valence-corrected chi connectivity index (χ4v) is 2.64. The van der Waals surface area contributed by atoms with Crippen molar-refractivity contribution < 1.29 is 13.2 Å². The summed E-state index contributed by atoms with van der Waals surface area (Å²) in [5.41, 5.74) is 0.945. The van der Waals surface area contributed by atoms with Gasteiger partial charge >= 0.3 is 0 Å². The maximum Gasteiger partial charge on any atom is 0.257 e. The number of para-hydroxylation sites is 1.